The predicted molar refractivity (Wildman–Crippen MR) is 379 cm³/mol. The normalized spacial score (nSPS) is 27.4. The lowest BCUT2D eigenvalue weighted by molar-refractivity contribution is -0.379. The predicted octanol–water partition coefficient (Wildman–Crippen LogP) is 11.9. The molecule has 560 valence electrons. The second-order valence-electron chi connectivity index (χ2n) is 27.4. The minimum atomic E-state index is -1.97. The molecule has 19 heteroatoms. The zero-order chi connectivity index (χ0) is 69.6. The molecular weight excluding hydrogens is 1230 g/mol. The number of hydrogen-bond donors (Lipinski definition) is 12. The zero-order valence-corrected chi connectivity index (χ0v) is 59.6. The van der Waals surface area contributed by atoms with Crippen molar-refractivity contribution in [3.8, 4) is 0 Å². The largest absolute Gasteiger partial charge is 0.394 e. The number of carbonyl (C=O) groups excluding carboxylic acids is 1. The van der Waals surface area contributed by atoms with Crippen LogP contribution in [-0.4, -0.2) is 193 Å². The topological polar surface area (TPSA) is 307 Å². The molecule has 0 aromatic rings. The highest BCUT2D eigenvalue weighted by atomic mass is 16.8. The van der Waals surface area contributed by atoms with Gasteiger partial charge in [0.15, 0.2) is 18.9 Å². The molecule has 19 nitrogen and oxygen atoms in total. The summed E-state index contributed by atoms with van der Waals surface area (Å²) in [5, 5.41) is 121. The van der Waals surface area contributed by atoms with Crippen LogP contribution in [0.25, 0.3) is 0 Å². The molecule has 3 heterocycles. The van der Waals surface area contributed by atoms with E-state index in [1.54, 1.807) is 0 Å². The summed E-state index contributed by atoms with van der Waals surface area (Å²) in [4.78, 5) is 13.5. The standard InChI is InChI=1S/C77H139NO18/c1-3-5-7-9-11-13-15-17-19-21-22-23-24-25-26-27-28-29-30-31-32-33-34-35-36-37-38-39-41-43-45-47-49-51-53-55-65(83)78-60(61(82)54-52-50-48-46-44-42-40-20-18-16-14-12-10-8-6-4-2)59-91-75-71(89)68(86)73(63(57-80)93-75)96-77-72(90)69(87)74(64(58-81)94-77)95-76-70(88)67(85)66(84)62(56-79)92-76/h5,7,11,13,17,19,22-23,25-26,60-64,66-77,79-82,84-90H,3-4,6,8-10,12,14-16,18,20-21,24,27-59H2,1-2H3,(H,78,83)/b7-5-,13-11-,19-17-,23-22-,26-25-. The molecule has 0 aromatic carbocycles. The van der Waals surface area contributed by atoms with E-state index >= 15 is 0 Å². The van der Waals surface area contributed by atoms with E-state index in [0.717, 1.165) is 77.0 Å². The van der Waals surface area contributed by atoms with Gasteiger partial charge in [-0.25, -0.2) is 0 Å². The van der Waals surface area contributed by atoms with Gasteiger partial charge in [0.25, 0.3) is 0 Å². The summed E-state index contributed by atoms with van der Waals surface area (Å²) in [7, 11) is 0. The lowest BCUT2D eigenvalue weighted by Gasteiger charge is -2.48. The number of carbonyl (C=O) groups is 1. The van der Waals surface area contributed by atoms with Crippen LogP contribution in [0.3, 0.4) is 0 Å². The molecule has 1 amide bonds. The van der Waals surface area contributed by atoms with Gasteiger partial charge in [0, 0.05) is 6.42 Å². The fourth-order valence-electron chi connectivity index (χ4n) is 12.9. The Bertz CT molecular complexity index is 1970. The van der Waals surface area contributed by atoms with E-state index in [2.05, 4.69) is 79.9 Å². The molecule has 3 saturated heterocycles. The van der Waals surface area contributed by atoms with Gasteiger partial charge in [-0.15, -0.1) is 0 Å². The molecule has 17 atom stereocenters. The van der Waals surface area contributed by atoms with Crippen LogP contribution in [0.4, 0.5) is 0 Å². The Morgan fingerprint density at radius 2 is 0.719 bits per heavy atom. The maximum atomic E-state index is 13.5. The molecule has 3 fully saturated rings. The van der Waals surface area contributed by atoms with Crippen LogP contribution >= 0.6 is 0 Å². The van der Waals surface area contributed by atoms with Gasteiger partial charge in [0.2, 0.25) is 5.91 Å². The molecular formula is C77H139NO18. The van der Waals surface area contributed by atoms with Crippen molar-refractivity contribution < 1.29 is 89.4 Å². The Kier molecular flexibility index (Phi) is 53.0. The van der Waals surface area contributed by atoms with Crippen molar-refractivity contribution in [3.63, 3.8) is 0 Å². The number of ether oxygens (including phenoxy) is 6. The average molecular weight is 1370 g/mol. The van der Waals surface area contributed by atoms with Crippen LogP contribution in [0.1, 0.15) is 290 Å². The molecule has 0 radical (unpaired) electrons. The highest BCUT2D eigenvalue weighted by molar-refractivity contribution is 5.76. The van der Waals surface area contributed by atoms with E-state index in [0.29, 0.717) is 12.8 Å². The van der Waals surface area contributed by atoms with Gasteiger partial charge >= 0.3 is 0 Å². The summed E-state index contributed by atoms with van der Waals surface area (Å²) in [5.74, 6) is -0.240. The second-order valence-corrected chi connectivity index (χ2v) is 27.4. The third-order valence-corrected chi connectivity index (χ3v) is 19.1. The highest BCUT2D eigenvalue weighted by Gasteiger charge is 2.53. The van der Waals surface area contributed by atoms with E-state index in [1.807, 2.05) is 0 Å². The van der Waals surface area contributed by atoms with Crippen molar-refractivity contribution in [2.45, 2.75) is 394 Å². The van der Waals surface area contributed by atoms with Gasteiger partial charge in [-0.1, -0.05) is 286 Å². The van der Waals surface area contributed by atoms with Crippen LogP contribution in [0, 0.1) is 0 Å². The number of aliphatic hydroxyl groups is 11. The Morgan fingerprint density at radius 1 is 0.385 bits per heavy atom. The average Bonchev–Trinajstić information content (AvgIpc) is 0.798. The molecule has 12 N–H and O–H groups in total. The Balaban J connectivity index is 1.33. The number of aliphatic hydroxyl groups excluding tert-OH is 11. The highest BCUT2D eigenvalue weighted by Crippen LogP contribution is 2.33. The summed E-state index contributed by atoms with van der Waals surface area (Å²) in [5.41, 5.74) is 0. The molecule has 0 spiro atoms. The van der Waals surface area contributed by atoms with Crippen molar-refractivity contribution in [1.82, 2.24) is 5.32 Å². The summed E-state index contributed by atoms with van der Waals surface area (Å²) in [6.45, 7) is 1.71. The lowest BCUT2D eigenvalue weighted by atomic mass is 9.96. The van der Waals surface area contributed by atoms with E-state index in [-0.39, 0.29) is 18.9 Å². The van der Waals surface area contributed by atoms with Crippen molar-refractivity contribution >= 4 is 5.91 Å². The number of hydrogen-bond acceptors (Lipinski definition) is 18. The van der Waals surface area contributed by atoms with Crippen LogP contribution in [0.2, 0.25) is 0 Å². The molecule has 17 unspecified atom stereocenters. The lowest BCUT2D eigenvalue weighted by Crippen LogP contribution is -2.66. The molecule has 0 aromatic heterocycles. The fraction of sp³-hybridized carbons (Fsp3) is 0.857. The molecule has 0 bridgehead atoms. The van der Waals surface area contributed by atoms with E-state index < -0.39 is 124 Å². The van der Waals surface area contributed by atoms with Crippen molar-refractivity contribution in [3.05, 3.63) is 60.8 Å². The third-order valence-electron chi connectivity index (χ3n) is 19.1. The Hall–Kier alpha value is -2.51. The first-order valence-corrected chi connectivity index (χ1v) is 38.5. The number of nitrogens with one attached hydrogen (secondary N) is 1. The molecule has 3 rings (SSSR count). The zero-order valence-electron chi connectivity index (χ0n) is 59.6. The van der Waals surface area contributed by atoms with Gasteiger partial charge < -0.3 is 89.9 Å². The maximum Gasteiger partial charge on any atom is 0.220 e. The summed E-state index contributed by atoms with van der Waals surface area (Å²) >= 11 is 0. The molecule has 3 aliphatic rings. The number of rotatable bonds is 60. The first kappa shape index (κ1) is 87.7. The summed E-state index contributed by atoms with van der Waals surface area (Å²) in [6.07, 6.45) is 46.0. The van der Waals surface area contributed by atoms with E-state index in [4.69, 9.17) is 28.4 Å². The number of allylic oxidation sites excluding steroid dienone is 10. The van der Waals surface area contributed by atoms with Crippen LogP contribution in [-0.2, 0) is 33.2 Å². The van der Waals surface area contributed by atoms with E-state index in [9.17, 15) is 61.0 Å². The Morgan fingerprint density at radius 3 is 1.12 bits per heavy atom. The van der Waals surface area contributed by atoms with Crippen LogP contribution < -0.4 is 5.32 Å². The maximum absolute atomic E-state index is 13.5. The molecule has 0 aliphatic carbocycles. The van der Waals surface area contributed by atoms with Crippen molar-refractivity contribution in [2.24, 2.45) is 0 Å². The Labute approximate surface area is 579 Å². The first-order valence-electron chi connectivity index (χ1n) is 38.5. The van der Waals surface area contributed by atoms with Crippen LogP contribution in [0.15, 0.2) is 60.8 Å². The van der Waals surface area contributed by atoms with Crippen molar-refractivity contribution in [2.75, 3.05) is 26.4 Å². The smallest absolute Gasteiger partial charge is 0.220 e. The minimum absolute atomic E-state index is 0.240. The van der Waals surface area contributed by atoms with Crippen molar-refractivity contribution in [1.29, 1.82) is 0 Å². The summed E-state index contributed by atoms with van der Waals surface area (Å²) < 4.78 is 34.5. The monoisotopic (exact) mass is 1370 g/mol. The quantitative estimate of drug-likeness (QED) is 0.0199. The van der Waals surface area contributed by atoms with Gasteiger partial charge in [0.05, 0.1) is 38.6 Å². The molecule has 0 saturated carbocycles. The first-order chi connectivity index (χ1) is 46.8. The van der Waals surface area contributed by atoms with Gasteiger partial charge in [-0.2, -0.15) is 0 Å². The molecule has 96 heavy (non-hydrogen) atoms. The van der Waals surface area contributed by atoms with Gasteiger partial charge in [-0.3, -0.25) is 4.79 Å². The second kappa shape index (κ2) is 58.0. The molecule has 3 aliphatic heterocycles. The van der Waals surface area contributed by atoms with Gasteiger partial charge in [0.1, 0.15) is 73.2 Å². The van der Waals surface area contributed by atoms with E-state index in [1.165, 1.54) is 180 Å². The summed E-state index contributed by atoms with van der Waals surface area (Å²) in [6, 6.07) is -0.888. The fourth-order valence-corrected chi connectivity index (χ4v) is 12.9. The minimum Gasteiger partial charge on any atom is -0.394 e. The van der Waals surface area contributed by atoms with Gasteiger partial charge in [-0.05, 0) is 57.8 Å². The third kappa shape index (κ3) is 38.5. The number of amides is 1. The SMILES string of the molecule is CC/C=C\C/C=C\C/C=C\C/C=C\C/C=C\CCCCCCCCCCCCCCCCCCCCCC(=O)NC(COC1OC(CO)C(OC2OC(CO)C(OC3OC(CO)C(O)C(O)C3O)C(O)C2O)C(O)C1O)C(O)CCCCCCCCCCCCCCCCCC. The number of unbranched alkanes of at least 4 members (excludes halogenated alkanes) is 34. The van der Waals surface area contributed by atoms with Crippen LogP contribution in [0.5, 0.6) is 0 Å².